The Morgan fingerprint density at radius 1 is 1.35 bits per heavy atom. The molecule has 0 aliphatic rings. The van der Waals surface area contributed by atoms with Gasteiger partial charge in [-0.3, -0.25) is 4.79 Å². The van der Waals surface area contributed by atoms with Crippen LogP contribution in [0.1, 0.15) is 10.4 Å². The normalized spacial score (nSPS) is 10.3. The fourth-order valence-corrected chi connectivity index (χ4v) is 2.20. The lowest BCUT2D eigenvalue weighted by atomic mass is 10.1. The van der Waals surface area contributed by atoms with Crippen LogP contribution in [-0.4, -0.2) is 17.5 Å². The van der Waals surface area contributed by atoms with E-state index in [0.717, 1.165) is 6.07 Å². The average Bonchev–Trinajstić information content (AvgIpc) is 2.37. The minimum atomic E-state index is -0.706. The van der Waals surface area contributed by atoms with Crippen LogP contribution in [0.15, 0.2) is 40.9 Å². The van der Waals surface area contributed by atoms with E-state index in [1.165, 1.54) is 18.2 Å². The van der Waals surface area contributed by atoms with Gasteiger partial charge in [0.1, 0.15) is 5.82 Å². The van der Waals surface area contributed by atoms with Crippen LogP contribution >= 0.6 is 27.5 Å². The van der Waals surface area contributed by atoms with E-state index in [1.807, 2.05) is 0 Å². The third kappa shape index (κ3) is 3.29. The van der Waals surface area contributed by atoms with Gasteiger partial charge in [0.25, 0.3) is 0 Å². The van der Waals surface area contributed by atoms with Crippen LogP contribution in [-0.2, 0) is 0 Å². The van der Waals surface area contributed by atoms with E-state index in [0.29, 0.717) is 4.47 Å². The molecule has 6 heteroatoms. The van der Waals surface area contributed by atoms with Gasteiger partial charge in [-0.2, -0.15) is 0 Å². The number of carbonyl (C=O) groups excluding carboxylic acids is 1. The van der Waals surface area contributed by atoms with E-state index in [-0.39, 0.29) is 22.1 Å². The smallest absolute Gasteiger partial charge is 0.203 e. The molecule has 0 aliphatic heterocycles. The second kappa shape index (κ2) is 6.24. The van der Waals surface area contributed by atoms with Gasteiger partial charge in [0, 0.05) is 5.02 Å². The van der Waals surface area contributed by atoms with Crippen LogP contribution in [0.5, 0.6) is 11.5 Å². The molecular weight excluding hydrogens is 351 g/mol. The summed E-state index contributed by atoms with van der Waals surface area (Å²) in [6.07, 6.45) is 0. The number of ketones is 1. The van der Waals surface area contributed by atoms with Crippen LogP contribution in [0.2, 0.25) is 5.02 Å². The number of phenolic OH excluding ortho intramolecular Hbond substituents is 1. The molecule has 20 heavy (non-hydrogen) atoms. The molecule has 3 nitrogen and oxygen atoms in total. The standard InChI is InChI=1S/C14H9BrClFO3/c15-10-2-1-3-12(18)14(10)20-7-13(19)9-5-4-8(16)6-11(9)17/h1-6,18H,7H2. The molecule has 0 atom stereocenters. The number of benzene rings is 2. The van der Waals surface area contributed by atoms with Crippen molar-refractivity contribution in [2.45, 2.75) is 0 Å². The summed E-state index contributed by atoms with van der Waals surface area (Å²) in [5.74, 6) is -1.23. The number of para-hydroxylation sites is 1. The molecule has 104 valence electrons. The van der Waals surface area contributed by atoms with Crippen molar-refractivity contribution >= 4 is 33.3 Å². The number of hydrogen-bond donors (Lipinski definition) is 1. The molecule has 0 amide bonds. The average molecular weight is 360 g/mol. The molecule has 0 unspecified atom stereocenters. The summed E-state index contributed by atoms with van der Waals surface area (Å²) in [5, 5.41) is 9.82. The first-order chi connectivity index (χ1) is 9.49. The van der Waals surface area contributed by atoms with E-state index < -0.39 is 18.2 Å². The van der Waals surface area contributed by atoms with Crippen molar-refractivity contribution in [2.75, 3.05) is 6.61 Å². The second-order valence-corrected chi connectivity index (χ2v) is 5.21. The van der Waals surface area contributed by atoms with E-state index >= 15 is 0 Å². The van der Waals surface area contributed by atoms with Gasteiger partial charge in [-0.25, -0.2) is 4.39 Å². The van der Waals surface area contributed by atoms with Crippen molar-refractivity contribution in [3.63, 3.8) is 0 Å². The third-order valence-electron chi connectivity index (χ3n) is 2.53. The van der Waals surface area contributed by atoms with Crippen LogP contribution in [0.25, 0.3) is 0 Å². The molecule has 0 spiro atoms. The fourth-order valence-electron chi connectivity index (χ4n) is 1.57. The maximum absolute atomic E-state index is 13.6. The Balaban J connectivity index is 2.13. The first-order valence-corrected chi connectivity index (χ1v) is 6.74. The Bertz CT molecular complexity index is 641. The molecule has 2 aromatic carbocycles. The zero-order chi connectivity index (χ0) is 14.7. The number of halogens is 3. The molecule has 0 heterocycles. The first kappa shape index (κ1) is 14.8. The minimum absolute atomic E-state index is 0.108. The Labute approximate surface area is 128 Å². The van der Waals surface area contributed by atoms with Crippen molar-refractivity contribution in [3.8, 4) is 11.5 Å². The number of rotatable bonds is 4. The van der Waals surface area contributed by atoms with E-state index in [1.54, 1.807) is 12.1 Å². The van der Waals surface area contributed by atoms with Crippen LogP contribution in [0, 0.1) is 5.82 Å². The number of Topliss-reactive ketones (excluding diaryl/α,β-unsaturated/α-hetero) is 1. The monoisotopic (exact) mass is 358 g/mol. The summed E-state index contributed by atoms with van der Waals surface area (Å²) in [4.78, 5) is 11.9. The summed E-state index contributed by atoms with van der Waals surface area (Å²) in [6, 6.07) is 8.48. The molecule has 0 aromatic heterocycles. The quantitative estimate of drug-likeness (QED) is 0.832. The van der Waals surface area contributed by atoms with Crippen LogP contribution in [0.4, 0.5) is 4.39 Å². The number of phenols is 1. The maximum atomic E-state index is 13.6. The van der Waals surface area contributed by atoms with Crippen LogP contribution < -0.4 is 4.74 Å². The number of aromatic hydroxyl groups is 1. The van der Waals surface area contributed by atoms with E-state index in [9.17, 15) is 14.3 Å². The molecule has 0 saturated heterocycles. The third-order valence-corrected chi connectivity index (χ3v) is 3.38. The van der Waals surface area contributed by atoms with Gasteiger partial charge in [-0.1, -0.05) is 17.7 Å². The minimum Gasteiger partial charge on any atom is -0.504 e. The Morgan fingerprint density at radius 2 is 2.10 bits per heavy atom. The zero-order valence-electron chi connectivity index (χ0n) is 10.1. The van der Waals surface area contributed by atoms with Gasteiger partial charge >= 0.3 is 0 Å². The highest BCUT2D eigenvalue weighted by molar-refractivity contribution is 9.10. The molecule has 2 rings (SSSR count). The van der Waals surface area contributed by atoms with Gasteiger partial charge in [0.15, 0.2) is 18.1 Å². The van der Waals surface area contributed by atoms with Crippen molar-refractivity contribution < 1.29 is 19.0 Å². The lowest BCUT2D eigenvalue weighted by molar-refractivity contribution is 0.0915. The highest BCUT2D eigenvalue weighted by Gasteiger charge is 2.15. The van der Waals surface area contributed by atoms with E-state index in [2.05, 4.69) is 15.9 Å². The summed E-state index contributed by atoms with van der Waals surface area (Å²) >= 11 is 8.80. The maximum Gasteiger partial charge on any atom is 0.203 e. The van der Waals surface area contributed by atoms with Crippen LogP contribution in [0.3, 0.4) is 0 Å². The molecule has 0 fully saturated rings. The fraction of sp³-hybridized carbons (Fsp3) is 0.0714. The highest BCUT2D eigenvalue weighted by Crippen LogP contribution is 2.34. The van der Waals surface area contributed by atoms with Gasteiger partial charge in [0.05, 0.1) is 10.0 Å². The lowest BCUT2D eigenvalue weighted by Gasteiger charge is -2.09. The molecule has 2 aromatic rings. The Morgan fingerprint density at radius 3 is 2.75 bits per heavy atom. The number of ether oxygens (including phenoxy) is 1. The van der Waals surface area contributed by atoms with Crippen molar-refractivity contribution in [1.29, 1.82) is 0 Å². The molecular formula is C14H9BrClFO3. The topological polar surface area (TPSA) is 46.5 Å². The van der Waals surface area contributed by atoms with E-state index in [4.69, 9.17) is 16.3 Å². The predicted octanol–water partition coefficient (Wildman–Crippen LogP) is 4.21. The Hall–Kier alpha value is -1.59. The van der Waals surface area contributed by atoms with Gasteiger partial charge in [-0.05, 0) is 46.3 Å². The first-order valence-electron chi connectivity index (χ1n) is 5.57. The van der Waals surface area contributed by atoms with Gasteiger partial charge < -0.3 is 9.84 Å². The lowest BCUT2D eigenvalue weighted by Crippen LogP contribution is -2.13. The summed E-state index contributed by atoms with van der Waals surface area (Å²) in [6.45, 7) is -0.394. The SMILES string of the molecule is O=C(COc1c(O)cccc1Br)c1ccc(Cl)cc1F. The second-order valence-electron chi connectivity index (χ2n) is 3.92. The zero-order valence-corrected chi connectivity index (χ0v) is 12.4. The predicted molar refractivity (Wildman–Crippen MR) is 77.0 cm³/mol. The summed E-state index contributed by atoms with van der Waals surface area (Å²) in [5.41, 5.74) is -0.110. The van der Waals surface area contributed by atoms with Crippen molar-refractivity contribution in [2.24, 2.45) is 0 Å². The Kier molecular flexibility index (Phi) is 4.62. The highest BCUT2D eigenvalue weighted by atomic mass is 79.9. The largest absolute Gasteiger partial charge is 0.504 e. The molecule has 0 saturated carbocycles. The van der Waals surface area contributed by atoms with Gasteiger partial charge in [0.2, 0.25) is 5.78 Å². The summed E-state index contributed by atoms with van der Waals surface area (Å²) < 4.78 is 19.3. The molecule has 1 N–H and O–H groups in total. The van der Waals surface area contributed by atoms with Crippen molar-refractivity contribution in [1.82, 2.24) is 0 Å². The molecule has 0 bridgehead atoms. The number of hydrogen-bond acceptors (Lipinski definition) is 3. The molecule has 0 radical (unpaired) electrons. The van der Waals surface area contributed by atoms with Crippen molar-refractivity contribution in [3.05, 3.63) is 57.3 Å². The number of carbonyl (C=O) groups is 1. The summed E-state index contributed by atoms with van der Waals surface area (Å²) in [7, 11) is 0. The molecule has 0 aliphatic carbocycles. The van der Waals surface area contributed by atoms with Gasteiger partial charge in [-0.15, -0.1) is 0 Å².